The minimum absolute atomic E-state index is 0. The number of aromatic nitrogens is 2. The summed E-state index contributed by atoms with van der Waals surface area (Å²) in [6.45, 7) is 9.72. The highest BCUT2D eigenvalue weighted by atomic mass is 127. The Hall–Kier alpha value is -1.03. The lowest BCUT2D eigenvalue weighted by Crippen LogP contribution is -2.46. The molecule has 25 heavy (non-hydrogen) atoms. The van der Waals surface area contributed by atoms with E-state index in [0.29, 0.717) is 24.5 Å². The van der Waals surface area contributed by atoms with Crippen LogP contribution in [0.3, 0.4) is 0 Å². The maximum absolute atomic E-state index is 4.45. The summed E-state index contributed by atoms with van der Waals surface area (Å²) in [6, 6.07) is 1.02. The molecule has 0 amide bonds. The Morgan fingerprint density at radius 3 is 2.56 bits per heavy atom. The number of guanidine groups is 1. The predicted molar refractivity (Wildman–Crippen MR) is 116 cm³/mol. The van der Waals surface area contributed by atoms with Crippen LogP contribution < -0.4 is 15.5 Å². The number of likely N-dealkylation sites (tertiary alicyclic amines) is 1. The zero-order valence-electron chi connectivity index (χ0n) is 16.6. The minimum Gasteiger partial charge on any atom is -0.352 e. The maximum atomic E-state index is 4.45. The third-order valence-corrected chi connectivity index (χ3v) is 4.81. The number of anilines is 1. The highest BCUT2D eigenvalue weighted by molar-refractivity contribution is 14.0. The second-order valence-corrected chi connectivity index (χ2v) is 7.20. The van der Waals surface area contributed by atoms with E-state index in [9.17, 15) is 0 Å². The molecule has 1 fully saturated rings. The third-order valence-electron chi connectivity index (χ3n) is 4.81. The van der Waals surface area contributed by atoms with Gasteiger partial charge in [-0.25, -0.2) is 4.98 Å². The highest BCUT2D eigenvalue weighted by Gasteiger charge is 2.31. The van der Waals surface area contributed by atoms with Gasteiger partial charge in [0, 0.05) is 53.4 Å². The number of hydrogen-bond donors (Lipinski definition) is 2. The number of nitrogens with zero attached hydrogens (tertiary/aromatic N) is 5. The van der Waals surface area contributed by atoms with Gasteiger partial charge >= 0.3 is 0 Å². The Bertz CT molecular complexity index is 567. The van der Waals surface area contributed by atoms with Gasteiger partial charge in [-0.2, -0.15) is 0 Å². The van der Waals surface area contributed by atoms with Gasteiger partial charge in [0.25, 0.3) is 0 Å². The molecule has 1 aliphatic heterocycles. The SMILES string of the molecule is CN=C(NCc1cnc(N(C)C)n1C)NC1CN(C(C)C)CC1C.I. The van der Waals surface area contributed by atoms with Crippen molar-refractivity contribution < 1.29 is 0 Å². The molecule has 1 aromatic rings. The lowest BCUT2D eigenvalue weighted by atomic mass is 10.1. The molecule has 2 atom stereocenters. The largest absolute Gasteiger partial charge is 0.352 e. The van der Waals surface area contributed by atoms with Crippen LogP contribution in [-0.4, -0.2) is 66.7 Å². The molecule has 2 unspecified atom stereocenters. The summed E-state index contributed by atoms with van der Waals surface area (Å²) >= 11 is 0. The summed E-state index contributed by atoms with van der Waals surface area (Å²) in [4.78, 5) is 13.3. The quantitative estimate of drug-likeness (QED) is 0.394. The van der Waals surface area contributed by atoms with Crippen molar-refractivity contribution in [1.82, 2.24) is 25.1 Å². The number of nitrogens with one attached hydrogen (secondary N) is 2. The van der Waals surface area contributed by atoms with Gasteiger partial charge in [-0.3, -0.25) is 9.89 Å². The van der Waals surface area contributed by atoms with Crippen LogP contribution in [0.2, 0.25) is 0 Å². The van der Waals surface area contributed by atoms with Crippen LogP contribution in [0.25, 0.3) is 0 Å². The Balaban J connectivity index is 0.00000312. The van der Waals surface area contributed by atoms with E-state index < -0.39 is 0 Å². The first-order valence-electron chi connectivity index (χ1n) is 8.72. The van der Waals surface area contributed by atoms with Crippen LogP contribution in [0.4, 0.5) is 5.95 Å². The molecule has 0 bridgehead atoms. The van der Waals surface area contributed by atoms with Crippen molar-refractivity contribution in [3.63, 3.8) is 0 Å². The molecular formula is C17H34IN7. The van der Waals surface area contributed by atoms with Gasteiger partial charge in [-0.1, -0.05) is 6.92 Å². The summed E-state index contributed by atoms with van der Waals surface area (Å²) in [5.41, 5.74) is 1.13. The molecule has 0 aliphatic carbocycles. The standard InChI is InChI=1S/C17H33N7.HI/c1-12(2)24-10-13(3)15(11-24)21-16(18-4)19-8-14-9-20-17(22(5)6)23(14)7;/h9,12-13,15H,8,10-11H2,1-7H3,(H2,18,19,21);1H. The summed E-state index contributed by atoms with van der Waals surface area (Å²) in [5, 5.41) is 6.99. The lowest BCUT2D eigenvalue weighted by molar-refractivity contribution is 0.265. The molecule has 0 aromatic carbocycles. The normalized spacial score (nSPS) is 21.4. The second-order valence-electron chi connectivity index (χ2n) is 7.20. The maximum Gasteiger partial charge on any atom is 0.204 e. The van der Waals surface area contributed by atoms with Crippen LogP contribution >= 0.6 is 24.0 Å². The fourth-order valence-corrected chi connectivity index (χ4v) is 3.17. The van der Waals surface area contributed by atoms with Gasteiger partial charge < -0.3 is 20.1 Å². The first-order chi connectivity index (χ1) is 11.3. The Morgan fingerprint density at radius 1 is 1.40 bits per heavy atom. The number of hydrogen-bond acceptors (Lipinski definition) is 4. The fourth-order valence-electron chi connectivity index (χ4n) is 3.17. The molecule has 1 saturated heterocycles. The molecule has 2 rings (SSSR count). The monoisotopic (exact) mass is 463 g/mol. The molecule has 2 heterocycles. The molecule has 144 valence electrons. The van der Waals surface area contributed by atoms with Crippen molar-refractivity contribution in [2.75, 3.05) is 39.1 Å². The number of aliphatic imine (C=N–C) groups is 1. The van der Waals surface area contributed by atoms with E-state index in [4.69, 9.17) is 0 Å². The predicted octanol–water partition coefficient (Wildman–Crippen LogP) is 1.50. The van der Waals surface area contributed by atoms with Gasteiger partial charge in [-0.05, 0) is 19.8 Å². The highest BCUT2D eigenvalue weighted by Crippen LogP contribution is 2.18. The van der Waals surface area contributed by atoms with Gasteiger partial charge in [0.05, 0.1) is 18.4 Å². The first kappa shape index (κ1) is 22.0. The molecule has 0 radical (unpaired) electrons. The average molecular weight is 463 g/mol. The second kappa shape index (κ2) is 9.61. The minimum atomic E-state index is 0. The molecule has 2 N–H and O–H groups in total. The number of rotatable bonds is 5. The molecule has 0 spiro atoms. The van der Waals surface area contributed by atoms with Crippen molar-refractivity contribution in [1.29, 1.82) is 0 Å². The summed E-state index contributed by atoms with van der Waals surface area (Å²) in [6.07, 6.45) is 1.91. The van der Waals surface area contributed by atoms with Crippen LogP contribution in [-0.2, 0) is 13.6 Å². The van der Waals surface area contributed by atoms with Gasteiger partial charge in [-0.15, -0.1) is 24.0 Å². The van der Waals surface area contributed by atoms with Crippen LogP contribution in [0.15, 0.2) is 11.2 Å². The van der Waals surface area contributed by atoms with E-state index in [1.165, 1.54) is 0 Å². The van der Waals surface area contributed by atoms with Crippen molar-refractivity contribution in [3.8, 4) is 0 Å². The van der Waals surface area contributed by atoms with Crippen LogP contribution in [0, 0.1) is 5.92 Å². The van der Waals surface area contributed by atoms with Crippen molar-refractivity contribution in [2.24, 2.45) is 18.0 Å². The van der Waals surface area contributed by atoms with E-state index in [1.54, 1.807) is 0 Å². The molecule has 8 heteroatoms. The van der Waals surface area contributed by atoms with E-state index in [-0.39, 0.29) is 24.0 Å². The van der Waals surface area contributed by atoms with Crippen molar-refractivity contribution in [2.45, 2.75) is 39.4 Å². The van der Waals surface area contributed by atoms with Gasteiger partial charge in [0.2, 0.25) is 5.95 Å². The van der Waals surface area contributed by atoms with Gasteiger partial charge in [0.1, 0.15) is 0 Å². The van der Waals surface area contributed by atoms with Crippen LogP contribution in [0.5, 0.6) is 0 Å². The average Bonchev–Trinajstić information content (AvgIpc) is 3.07. The Kier molecular flexibility index (Phi) is 8.46. The van der Waals surface area contributed by atoms with Crippen molar-refractivity contribution >= 4 is 35.9 Å². The van der Waals surface area contributed by atoms with E-state index in [1.807, 2.05) is 39.3 Å². The zero-order chi connectivity index (χ0) is 17.9. The summed E-state index contributed by atoms with van der Waals surface area (Å²) < 4.78 is 2.10. The van der Waals surface area contributed by atoms with E-state index in [0.717, 1.165) is 30.7 Å². The smallest absolute Gasteiger partial charge is 0.204 e. The van der Waals surface area contributed by atoms with Crippen molar-refractivity contribution in [3.05, 3.63) is 11.9 Å². The Morgan fingerprint density at radius 2 is 2.08 bits per heavy atom. The lowest BCUT2D eigenvalue weighted by Gasteiger charge is -2.22. The summed E-state index contributed by atoms with van der Waals surface area (Å²) in [7, 11) is 7.86. The van der Waals surface area contributed by atoms with Crippen LogP contribution in [0.1, 0.15) is 26.5 Å². The number of halogens is 1. The fraction of sp³-hybridized carbons (Fsp3) is 0.765. The number of imidazole rings is 1. The molecule has 1 aliphatic rings. The molecular weight excluding hydrogens is 429 g/mol. The molecule has 1 aromatic heterocycles. The van der Waals surface area contributed by atoms with Gasteiger partial charge in [0.15, 0.2) is 5.96 Å². The first-order valence-corrected chi connectivity index (χ1v) is 8.72. The topological polar surface area (TPSA) is 60.7 Å². The van der Waals surface area contributed by atoms with E-state index >= 15 is 0 Å². The zero-order valence-corrected chi connectivity index (χ0v) is 18.9. The summed E-state index contributed by atoms with van der Waals surface area (Å²) in [5.74, 6) is 2.42. The van der Waals surface area contributed by atoms with E-state index in [2.05, 4.69) is 50.8 Å². The molecule has 0 saturated carbocycles. The third kappa shape index (κ3) is 5.47. The Labute approximate surface area is 169 Å². The molecule has 7 nitrogen and oxygen atoms in total.